The van der Waals surface area contributed by atoms with Crippen molar-refractivity contribution >= 4 is 59.4 Å². The first-order valence-corrected chi connectivity index (χ1v) is 6.08. The topological polar surface area (TPSA) is 58.3 Å². The van der Waals surface area contributed by atoms with E-state index < -0.39 is 0 Å². The second kappa shape index (κ2) is 8.32. The predicted molar refractivity (Wildman–Crippen MR) is 90.8 cm³/mol. The highest BCUT2D eigenvalue weighted by Gasteiger charge is 2.07. The first-order valence-electron chi connectivity index (χ1n) is 5.32. The van der Waals surface area contributed by atoms with Crippen LogP contribution in [0.25, 0.3) is 0 Å². The third kappa shape index (κ3) is 4.84. The van der Waals surface area contributed by atoms with Crippen LogP contribution in [0.4, 0.5) is 11.4 Å². The van der Waals surface area contributed by atoms with Gasteiger partial charge in [0.1, 0.15) is 5.75 Å². The van der Waals surface area contributed by atoms with Gasteiger partial charge in [0.15, 0.2) is 0 Å². The second-order valence-electron chi connectivity index (χ2n) is 3.87. The second-order valence-corrected chi connectivity index (χ2v) is 4.71. The number of phenolic OH excluding ortho intramolecular Hbond substituents is 1. The van der Waals surface area contributed by atoms with E-state index in [4.69, 9.17) is 28.9 Å². The molecule has 2 aromatic rings. The van der Waals surface area contributed by atoms with Crippen molar-refractivity contribution in [3.05, 3.63) is 52.0 Å². The lowest BCUT2D eigenvalue weighted by atomic mass is 10.2. The van der Waals surface area contributed by atoms with Crippen molar-refractivity contribution in [2.45, 2.75) is 6.54 Å². The molecule has 0 atom stereocenters. The van der Waals surface area contributed by atoms with Gasteiger partial charge in [-0.25, -0.2) is 0 Å². The van der Waals surface area contributed by atoms with Gasteiger partial charge in [0, 0.05) is 28.5 Å². The van der Waals surface area contributed by atoms with Crippen molar-refractivity contribution in [3.8, 4) is 5.75 Å². The number of nitrogens with one attached hydrogen (secondary N) is 1. The number of halogens is 4. The maximum Gasteiger partial charge on any atom is 0.139 e. The molecule has 2 aromatic carbocycles. The van der Waals surface area contributed by atoms with E-state index in [0.29, 0.717) is 22.8 Å². The molecule has 0 radical (unpaired) electrons. The molecule has 0 unspecified atom stereocenters. The smallest absolute Gasteiger partial charge is 0.139 e. The van der Waals surface area contributed by atoms with E-state index in [2.05, 4.69) is 5.32 Å². The lowest BCUT2D eigenvalue weighted by Crippen LogP contribution is -2.00. The molecule has 0 aliphatic heterocycles. The van der Waals surface area contributed by atoms with Crippen molar-refractivity contribution < 1.29 is 5.11 Å². The Morgan fingerprint density at radius 1 is 1.05 bits per heavy atom. The summed E-state index contributed by atoms with van der Waals surface area (Å²) in [7, 11) is 0. The summed E-state index contributed by atoms with van der Waals surface area (Å²) in [5.41, 5.74) is 7.84. The van der Waals surface area contributed by atoms with Gasteiger partial charge in [0.2, 0.25) is 0 Å². The van der Waals surface area contributed by atoms with Crippen LogP contribution in [0.15, 0.2) is 36.4 Å². The van der Waals surface area contributed by atoms with Gasteiger partial charge in [0.05, 0.1) is 5.02 Å². The Morgan fingerprint density at radius 3 is 2.25 bits per heavy atom. The Morgan fingerprint density at radius 2 is 1.65 bits per heavy atom. The van der Waals surface area contributed by atoms with Crippen LogP contribution in [-0.4, -0.2) is 5.11 Å². The van der Waals surface area contributed by atoms with E-state index in [1.165, 1.54) is 6.07 Å². The van der Waals surface area contributed by atoms with Gasteiger partial charge in [-0.3, -0.25) is 0 Å². The molecular weight excluding hydrogens is 342 g/mol. The summed E-state index contributed by atoms with van der Waals surface area (Å²) >= 11 is 11.7. The van der Waals surface area contributed by atoms with Gasteiger partial charge in [-0.2, -0.15) is 0 Å². The molecule has 0 fully saturated rings. The van der Waals surface area contributed by atoms with E-state index in [-0.39, 0.29) is 35.6 Å². The Balaban J connectivity index is 0.00000180. The number of aromatic hydroxyl groups is 1. The normalized spacial score (nSPS) is 9.30. The predicted octanol–water partition coefficient (Wildman–Crippen LogP) is 4.74. The van der Waals surface area contributed by atoms with Crippen molar-refractivity contribution in [2.24, 2.45) is 0 Å². The van der Waals surface area contributed by atoms with Gasteiger partial charge in [-0.1, -0.05) is 23.2 Å². The lowest BCUT2D eigenvalue weighted by Gasteiger charge is -2.10. The third-order valence-corrected chi connectivity index (χ3v) is 3.01. The standard InChI is InChI=1S/C13H12Cl2N2O.2ClH/c14-9-5-8(13(18)12(15)6-9)7-17-11-3-1-10(16)2-4-11;;/h1-6,17-18H,7,16H2;2*1H. The maximum absolute atomic E-state index is 9.79. The number of nitrogen functional groups attached to an aromatic ring is 1. The summed E-state index contributed by atoms with van der Waals surface area (Å²) in [5, 5.41) is 13.7. The summed E-state index contributed by atoms with van der Waals surface area (Å²) in [5.74, 6) is 0.0454. The molecule has 0 saturated carbocycles. The molecule has 110 valence electrons. The zero-order valence-corrected chi connectivity index (χ0v) is 13.4. The van der Waals surface area contributed by atoms with Crippen molar-refractivity contribution in [2.75, 3.05) is 11.1 Å². The van der Waals surface area contributed by atoms with Gasteiger partial charge in [-0.05, 0) is 36.4 Å². The van der Waals surface area contributed by atoms with Gasteiger partial charge in [0.25, 0.3) is 0 Å². The zero-order chi connectivity index (χ0) is 13.1. The average molecular weight is 356 g/mol. The number of hydrogen-bond donors (Lipinski definition) is 3. The maximum atomic E-state index is 9.79. The molecule has 0 aliphatic carbocycles. The first-order chi connectivity index (χ1) is 8.56. The van der Waals surface area contributed by atoms with Crippen LogP contribution in [0.3, 0.4) is 0 Å². The fourth-order valence-corrected chi connectivity index (χ4v) is 2.09. The van der Waals surface area contributed by atoms with Crippen molar-refractivity contribution in [3.63, 3.8) is 0 Å². The number of benzene rings is 2. The summed E-state index contributed by atoms with van der Waals surface area (Å²) in [4.78, 5) is 0. The monoisotopic (exact) mass is 354 g/mol. The molecule has 0 aliphatic rings. The molecule has 0 heterocycles. The minimum Gasteiger partial charge on any atom is -0.506 e. The quantitative estimate of drug-likeness (QED) is 0.697. The molecular formula is C13H14Cl4N2O. The number of nitrogens with two attached hydrogens (primary N) is 1. The zero-order valence-electron chi connectivity index (χ0n) is 10.3. The fourth-order valence-electron chi connectivity index (χ4n) is 1.55. The number of hydrogen-bond acceptors (Lipinski definition) is 3. The van der Waals surface area contributed by atoms with Crippen LogP contribution in [0.2, 0.25) is 10.0 Å². The average Bonchev–Trinajstić information content (AvgIpc) is 2.34. The van der Waals surface area contributed by atoms with E-state index in [0.717, 1.165) is 5.69 Å². The first kappa shape index (κ1) is 19.0. The summed E-state index contributed by atoms with van der Waals surface area (Å²) in [6, 6.07) is 10.5. The molecule has 0 spiro atoms. The molecule has 4 N–H and O–H groups in total. The summed E-state index contributed by atoms with van der Waals surface area (Å²) in [6.07, 6.45) is 0. The summed E-state index contributed by atoms with van der Waals surface area (Å²) < 4.78 is 0. The Labute approximate surface area is 139 Å². The highest BCUT2D eigenvalue weighted by molar-refractivity contribution is 6.35. The Hall–Kier alpha value is -1.00. The van der Waals surface area contributed by atoms with Gasteiger partial charge in [-0.15, -0.1) is 24.8 Å². The summed E-state index contributed by atoms with van der Waals surface area (Å²) in [6.45, 7) is 0.427. The minimum absolute atomic E-state index is 0. The fraction of sp³-hybridized carbons (Fsp3) is 0.0769. The Bertz CT molecular complexity index is 561. The molecule has 0 bridgehead atoms. The van der Waals surface area contributed by atoms with Crippen LogP contribution in [0.5, 0.6) is 5.75 Å². The Kier molecular flexibility index (Phi) is 7.91. The largest absolute Gasteiger partial charge is 0.506 e. The molecule has 2 rings (SSSR count). The van der Waals surface area contributed by atoms with E-state index >= 15 is 0 Å². The molecule has 0 saturated heterocycles. The third-order valence-electron chi connectivity index (χ3n) is 2.50. The van der Waals surface area contributed by atoms with Crippen LogP contribution in [-0.2, 0) is 6.54 Å². The number of rotatable bonds is 3. The lowest BCUT2D eigenvalue weighted by molar-refractivity contribution is 0.469. The number of anilines is 2. The van der Waals surface area contributed by atoms with Gasteiger partial charge >= 0.3 is 0 Å². The van der Waals surface area contributed by atoms with Crippen LogP contribution in [0, 0.1) is 0 Å². The van der Waals surface area contributed by atoms with Crippen LogP contribution >= 0.6 is 48.0 Å². The SMILES string of the molecule is Cl.Cl.Nc1ccc(NCc2cc(Cl)cc(Cl)c2O)cc1. The molecule has 7 heteroatoms. The van der Waals surface area contributed by atoms with Crippen LogP contribution < -0.4 is 11.1 Å². The van der Waals surface area contributed by atoms with E-state index in [1.54, 1.807) is 18.2 Å². The van der Waals surface area contributed by atoms with E-state index in [9.17, 15) is 5.11 Å². The highest BCUT2D eigenvalue weighted by Crippen LogP contribution is 2.31. The molecule has 0 amide bonds. The molecule has 0 aromatic heterocycles. The van der Waals surface area contributed by atoms with Crippen LogP contribution in [0.1, 0.15) is 5.56 Å². The number of phenols is 1. The highest BCUT2D eigenvalue weighted by atomic mass is 35.5. The molecule has 3 nitrogen and oxygen atoms in total. The van der Waals surface area contributed by atoms with Crippen molar-refractivity contribution in [1.82, 2.24) is 0 Å². The molecule has 20 heavy (non-hydrogen) atoms. The van der Waals surface area contributed by atoms with E-state index in [1.807, 2.05) is 12.1 Å². The minimum atomic E-state index is 0. The van der Waals surface area contributed by atoms with Crippen molar-refractivity contribution in [1.29, 1.82) is 0 Å². The van der Waals surface area contributed by atoms with Gasteiger partial charge < -0.3 is 16.2 Å².